The smallest absolute Gasteiger partial charge is 0.323 e. The number of aliphatic carboxylic acids is 1. The van der Waals surface area contributed by atoms with Crippen LogP contribution in [0.1, 0.15) is 31.1 Å². The Labute approximate surface area is 129 Å². The molecule has 0 saturated carbocycles. The molecule has 0 aliphatic carbocycles. The number of carboxylic acids is 1. The number of hydrogen-bond donors (Lipinski definition) is 1. The summed E-state index contributed by atoms with van der Waals surface area (Å²) in [5.74, 6) is -1.72. The number of benzene rings is 1. The lowest BCUT2D eigenvalue weighted by molar-refractivity contribution is -0.385. The van der Waals surface area contributed by atoms with Crippen LogP contribution in [0, 0.1) is 10.1 Å². The number of amides is 1. The van der Waals surface area contributed by atoms with Crippen molar-refractivity contribution in [3.05, 3.63) is 38.3 Å². The second-order valence-corrected chi connectivity index (χ2v) is 6.33. The second-order valence-electron chi connectivity index (χ2n) is 5.41. The highest BCUT2D eigenvalue weighted by Crippen LogP contribution is 2.24. The quantitative estimate of drug-likeness (QED) is 0.658. The number of non-ortho nitro benzene ring substituents is 1. The van der Waals surface area contributed by atoms with Crippen LogP contribution in [0.15, 0.2) is 22.7 Å². The van der Waals surface area contributed by atoms with E-state index in [0.29, 0.717) is 4.47 Å². The summed E-state index contributed by atoms with van der Waals surface area (Å²) in [4.78, 5) is 34.8. The molecule has 0 heterocycles. The van der Waals surface area contributed by atoms with Crippen molar-refractivity contribution in [1.82, 2.24) is 4.90 Å². The van der Waals surface area contributed by atoms with Crippen LogP contribution in [0.4, 0.5) is 5.69 Å². The van der Waals surface area contributed by atoms with Gasteiger partial charge in [-0.25, -0.2) is 0 Å². The maximum atomic E-state index is 12.5. The van der Waals surface area contributed by atoms with E-state index in [9.17, 15) is 19.7 Å². The Bertz CT molecular complexity index is 595. The molecule has 0 aliphatic rings. The molecule has 21 heavy (non-hydrogen) atoms. The van der Waals surface area contributed by atoms with E-state index in [4.69, 9.17) is 5.11 Å². The van der Waals surface area contributed by atoms with Crippen molar-refractivity contribution in [3.8, 4) is 0 Å². The molecule has 8 heteroatoms. The van der Waals surface area contributed by atoms with Crippen LogP contribution >= 0.6 is 15.9 Å². The van der Waals surface area contributed by atoms with Crippen molar-refractivity contribution in [3.63, 3.8) is 0 Å². The number of nitro benzene ring substituents is 1. The standard InChI is InChI=1S/C13H15BrN2O5/c1-13(2,3)15(7-11(17)18)12(19)8-4-9(14)6-10(5-8)16(20)21/h4-6H,7H2,1-3H3,(H,17,18). The van der Waals surface area contributed by atoms with Gasteiger partial charge in [-0.15, -0.1) is 0 Å². The van der Waals surface area contributed by atoms with Crippen LogP contribution in [0.5, 0.6) is 0 Å². The number of carboxylic acid groups (broad SMARTS) is 1. The number of rotatable bonds is 4. The van der Waals surface area contributed by atoms with E-state index < -0.39 is 28.9 Å². The number of halogens is 1. The maximum absolute atomic E-state index is 12.5. The van der Waals surface area contributed by atoms with Gasteiger partial charge in [-0.05, 0) is 26.8 Å². The topological polar surface area (TPSA) is 101 Å². The fourth-order valence-electron chi connectivity index (χ4n) is 1.71. The van der Waals surface area contributed by atoms with Gasteiger partial charge in [0.2, 0.25) is 0 Å². The third kappa shape index (κ3) is 4.52. The second kappa shape index (κ2) is 6.21. The third-order valence-corrected chi connectivity index (χ3v) is 3.15. The Kier molecular flexibility index (Phi) is 5.06. The molecule has 1 aromatic rings. The largest absolute Gasteiger partial charge is 0.480 e. The van der Waals surface area contributed by atoms with Crippen molar-refractivity contribution >= 4 is 33.5 Å². The van der Waals surface area contributed by atoms with Gasteiger partial charge >= 0.3 is 5.97 Å². The molecule has 114 valence electrons. The summed E-state index contributed by atoms with van der Waals surface area (Å²) >= 11 is 3.11. The molecule has 0 atom stereocenters. The monoisotopic (exact) mass is 358 g/mol. The first-order valence-corrected chi connectivity index (χ1v) is 6.80. The Morgan fingerprint density at radius 2 is 1.90 bits per heavy atom. The van der Waals surface area contributed by atoms with Gasteiger partial charge in [0.05, 0.1) is 4.92 Å². The number of carbonyl (C=O) groups is 2. The van der Waals surface area contributed by atoms with Gasteiger partial charge in [-0.3, -0.25) is 19.7 Å². The van der Waals surface area contributed by atoms with Crippen LogP contribution in [0.2, 0.25) is 0 Å². The predicted octanol–water partition coefficient (Wildman–Crippen LogP) is 2.68. The zero-order valence-electron chi connectivity index (χ0n) is 11.8. The molecule has 0 bridgehead atoms. The minimum absolute atomic E-state index is 0.0623. The highest BCUT2D eigenvalue weighted by atomic mass is 79.9. The summed E-state index contributed by atoms with van der Waals surface area (Å²) in [6.07, 6.45) is 0. The minimum atomic E-state index is -1.15. The summed E-state index contributed by atoms with van der Waals surface area (Å²) < 4.78 is 0.379. The lowest BCUT2D eigenvalue weighted by atomic mass is 10.0. The molecule has 0 unspecified atom stereocenters. The predicted molar refractivity (Wildman–Crippen MR) is 79.2 cm³/mol. The molecular weight excluding hydrogens is 344 g/mol. The fourth-order valence-corrected chi connectivity index (χ4v) is 2.19. The number of hydrogen-bond acceptors (Lipinski definition) is 4. The van der Waals surface area contributed by atoms with E-state index in [1.54, 1.807) is 20.8 Å². The van der Waals surface area contributed by atoms with Crippen LogP contribution in [-0.2, 0) is 4.79 Å². The Balaban J connectivity index is 3.26. The molecule has 1 N–H and O–H groups in total. The summed E-state index contributed by atoms with van der Waals surface area (Å²) in [6.45, 7) is 4.60. The summed E-state index contributed by atoms with van der Waals surface area (Å²) in [5.41, 5.74) is -0.906. The molecular formula is C13H15BrN2O5. The molecule has 1 aromatic carbocycles. The fraction of sp³-hybridized carbons (Fsp3) is 0.385. The molecule has 1 amide bonds. The molecule has 0 spiro atoms. The van der Waals surface area contributed by atoms with Crippen LogP contribution in [0.3, 0.4) is 0 Å². The van der Waals surface area contributed by atoms with Gasteiger partial charge in [-0.2, -0.15) is 0 Å². The van der Waals surface area contributed by atoms with Crippen molar-refractivity contribution in [2.24, 2.45) is 0 Å². The van der Waals surface area contributed by atoms with E-state index in [1.807, 2.05) is 0 Å². The average molecular weight is 359 g/mol. The van der Waals surface area contributed by atoms with E-state index >= 15 is 0 Å². The lowest BCUT2D eigenvalue weighted by Gasteiger charge is -2.34. The highest BCUT2D eigenvalue weighted by Gasteiger charge is 2.30. The normalized spacial score (nSPS) is 11.0. The van der Waals surface area contributed by atoms with Crippen LogP contribution in [-0.4, -0.2) is 38.9 Å². The SMILES string of the molecule is CC(C)(C)N(CC(=O)O)C(=O)c1cc(Br)cc([N+](=O)[O-])c1. The van der Waals surface area contributed by atoms with Crippen LogP contribution in [0.25, 0.3) is 0 Å². The van der Waals surface area contributed by atoms with Gasteiger partial charge in [0.25, 0.3) is 11.6 Å². The molecule has 0 fully saturated rings. The van der Waals surface area contributed by atoms with Crippen molar-refractivity contribution < 1.29 is 19.6 Å². The first kappa shape index (κ1) is 17.1. The third-order valence-electron chi connectivity index (χ3n) is 2.69. The van der Waals surface area contributed by atoms with Gasteiger partial charge in [-0.1, -0.05) is 15.9 Å². The van der Waals surface area contributed by atoms with E-state index in [-0.39, 0.29) is 11.3 Å². The Hall–Kier alpha value is -1.96. The molecule has 1 rings (SSSR count). The molecule has 0 aliphatic heterocycles. The molecule has 7 nitrogen and oxygen atoms in total. The number of carbonyl (C=O) groups excluding carboxylic acids is 1. The van der Waals surface area contributed by atoms with Crippen LogP contribution < -0.4 is 0 Å². The summed E-state index contributed by atoms with van der Waals surface area (Å²) in [7, 11) is 0. The molecule has 0 radical (unpaired) electrons. The summed E-state index contributed by atoms with van der Waals surface area (Å²) in [6, 6.07) is 3.83. The van der Waals surface area contributed by atoms with Gasteiger partial charge in [0, 0.05) is 27.7 Å². The van der Waals surface area contributed by atoms with E-state index in [1.165, 1.54) is 12.1 Å². The van der Waals surface area contributed by atoms with Gasteiger partial charge < -0.3 is 10.0 Å². The van der Waals surface area contributed by atoms with Crippen molar-refractivity contribution in [1.29, 1.82) is 0 Å². The van der Waals surface area contributed by atoms with E-state index in [0.717, 1.165) is 11.0 Å². The Morgan fingerprint density at radius 3 is 2.33 bits per heavy atom. The first-order chi connectivity index (χ1) is 9.52. The highest BCUT2D eigenvalue weighted by molar-refractivity contribution is 9.10. The molecule has 0 aromatic heterocycles. The zero-order chi connectivity index (χ0) is 16.4. The number of nitrogens with zero attached hydrogens (tertiary/aromatic N) is 2. The number of nitro groups is 1. The molecule has 0 saturated heterocycles. The Morgan fingerprint density at radius 1 is 1.33 bits per heavy atom. The minimum Gasteiger partial charge on any atom is -0.480 e. The van der Waals surface area contributed by atoms with Crippen molar-refractivity contribution in [2.45, 2.75) is 26.3 Å². The van der Waals surface area contributed by atoms with Crippen molar-refractivity contribution in [2.75, 3.05) is 6.54 Å². The van der Waals surface area contributed by atoms with Gasteiger partial charge in [0.1, 0.15) is 6.54 Å². The van der Waals surface area contributed by atoms with Gasteiger partial charge in [0.15, 0.2) is 0 Å². The summed E-state index contributed by atoms with van der Waals surface area (Å²) in [5, 5.41) is 19.8. The zero-order valence-corrected chi connectivity index (χ0v) is 13.4. The maximum Gasteiger partial charge on any atom is 0.323 e. The average Bonchev–Trinajstić information content (AvgIpc) is 2.32. The first-order valence-electron chi connectivity index (χ1n) is 6.01. The van der Waals surface area contributed by atoms with E-state index in [2.05, 4.69) is 15.9 Å². The lowest BCUT2D eigenvalue weighted by Crippen LogP contribution is -2.48.